The van der Waals surface area contributed by atoms with Gasteiger partial charge in [0.25, 0.3) is 0 Å². The predicted molar refractivity (Wildman–Crippen MR) is 94.1 cm³/mol. The highest BCUT2D eigenvalue weighted by Crippen LogP contribution is 2.12. The molecule has 114 valence electrons. The lowest BCUT2D eigenvalue weighted by Gasteiger charge is -2.15. The summed E-state index contributed by atoms with van der Waals surface area (Å²) in [5.41, 5.74) is 4.72. The van der Waals surface area contributed by atoms with Crippen LogP contribution < -0.4 is 0 Å². The molecule has 0 N–H and O–H groups in total. The Morgan fingerprint density at radius 2 is 1.91 bits per heavy atom. The van der Waals surface area contributed by atoms with Crippen molar-refractivity contribution in [2.45, 2.75) is 19.9 Å². The number of aryl methyl sites for hydroxylation is 1. The lowest BCUT2D eigenvalue weighted by Crippen LogP contribution is -2.20. The number of imidazole rings is 1. The Balaban J connectivity index is 1.61. The van der Waals surface area contributed by atoms with Crippen molar-refractivity contribution in [3.63, 3.8) is 0 Å². The first-order valence-electron chi connectivity index (χ1n) is 7.48. The van der Waals surface area contributed by atoms with E-state index in [1.807, 2.05) is 0 Å². The molecule has 0 amide bonds. The molecule has 0 saturated carbocycles. The molecule has 2 heterocycles. The maximum atomic E-state index is 4.70. The highest BCUT2D eigenvalue weighted by atomic mass is 79.9. The number of halogens is 1. The minimum Gasteiger partial charge on any atom is -0.304 e. The zero-order valence-corrected chi connectivity index (χ0v) is 14.5. The molecule has 0 fully saturated rings. The Labute approximate surface area is 139 Å². The standard InChI is InChI=1S/C18H20BrN3/c1-14-4-3-5-18-20-17(13-22(14)18)12-21(2)11-10-15-6-8-16(19)9-7-15/h3-9,13H,10-12H2,1-2H3. The second-order valence-electron chi connectivity index (χ2n) is 5.74. The van der Waals surface area contributed by atoms with Gasteiger partial charge in [0, 0.05) is 29.5 Å². The number of benzene rings is 1. The van der Waals surface area contributed by atoms with Gasteiger partial charge in [-0.05, 0) is 50.2 Å². The lowest BCUT2D eigenvalue weighted by molar-refractivity contribution is 0.328. The van der Waals surface area contributed by atoms with E-state index in [1.54, 1.807) is 0 Å². The van der Waals surface area contributed by atoms with Crippen LogP contribution >= 0.6 is 15.9 Å². The number of hydrogen-bond acceptors (Lipinski definition) is 2. The third-order valence-electron chi connectivity index (χ3n) is 3.87. The fraction of sp³-hybridized carbons (Fsp3) is 0.278. The molecule has 2 aromatic heterocycles. The fourth-order valence-electron chi connectivity index (χ4n) is 2.60. The van der Waals surface area contributed by atoms with Crippen molar-refractivity contribution in [3.8, 4) is 0 Å². The smallest absolute Gasteiger partial charge is 0.137 e. The minimum atomic E-state index is 0.873. The van der Waals surface area contributed by atoms with E-state index in [0.29, 0.717) is 0 Å². The van der Waals surface area contributed by atoms with Gasteiger partial charge < -0.3 is 9.30 Å². The van der Waals surface area contributed by atoms with Crippen LogP contribution in [0.25, 0.3) is 5.65 Å². The van der Waals surface area contributed by atoms with E-state index in [2.05, 4.69) is 87.9 Å². The average molecular weight is 358 g/mol. The summed E-state index contributed by atoms with van der Waals surface area (Å²) in [7, 11) is 2.15. The van der Waals surface area contributed by atoms with E-state index in [0.717, 1.165) is 35.3 Å². The SMILES string of the molecule is Cc1cccc2nc(CN(C)CCc3ccc(Br)cc3)cn12. The summed E-state index contributed by atoms with van der Waals surface area (Å²) in [6.45, 7) is 4.00. The van der Waals surface area contributed by atoms with E-state index >= 15 is 0 Å². The van der Waals surface area contributed by atoms with Crippen molar-refractivity contribution in [1.29, 1.82) is 0 Å². The van der Waals surface area contributed by atoms with Crippen LogP contribution in [0, 0.1) is 6.92 Å². The van der Waals surface area contributed by atoms with Gasteiger partial charge in [0.1, 0.15) is 5.65 Å². The van der Waals surface area contributed by atoms with Crippen LogP contribution in [-0.4, -0.2) is 27.9 Å². The lowest BCUT2D eigenvalue weighted by atomic mass is 10.1. The summed E-state index contributed by atoms with van der Waals surface area (Å²) >= 11 is 3.47. The number of likely N-dealkylation sites (N-methyl/N-ethyl adjacent to an activating group) is 1. The molecular formula is C18H20BrN3. The topological polar surface area (TPSA) is 20.5 Å². The first kappa shape index (κ1) is 15.3. The first-order valence-corrected chi connectivity index (χ1v) is 8.28. The van der Waals surface area contributed by atoms with Gasteiger partial charge in [-0.25, -0.2) is 4.98 Å². The molecule has 0 saturated heterocycles. The van der Waals surface area contributed by atoms with Gasteiger partial charge >= 0.3 is 0 Å². The monoisotopic (exact) mass is 357 g/mol. The van der Waals surface area contributed by atoms with Gasteiger partial charge in [-0.15, -0.1) is 0 Å². The quantitative estimate of drug-likeness (QED) is 0.685. The predicted octanol–water partition coefficient (Wildman–Crippen LogP) is 4.08. The van der Waals surface area contributed by atoms with Gasteiger partial charge in [0.05, 0.1) is 5.69 Å². The summed E-state index contributed by atoms with van der Waals surface area (Å²) in [6, 6.07) is 14.8. The van der Waals surface area contributed by atoms with E-state index < -0.39 is 0 Å². The second kappa shape index (κ2) is 6.63. The van der Waals surface area contributed by atoms with Gasteiger partial charge in [0.2, 0.25) is 0 Å². The molecule has 0 unspecified atom stereocenters. The Morgan fingerprint density at radius 1 is 1.14 bits per heavy atom. The number of fused-ring (bicyclic) bond motifs is 1. The van der Waals surface area contributed by atoms with Crippen LogP contribution in [0.3, 0.4) is 0 Å². The number of pyridine rings is 1. The highest BCUT2D eigenvalue weighted by molar-refractivity contribution is 9.10. The number of nitrogens with zero attached hydrogens (tertiary/aromatic N) is 3. The maximum absolute atomic E-state index is 4.70. The molecule has 3 rings (SSSR count). The molecule has 0 atom stereocenters. The first-order chi connectivity index (χ1) is 10.6. The zero-order valence-electron chi connectivity index (χ0n) is 13.0. The largest absolute Gasteiger partial charge is 0.304 e. The molecule has 0 radical (unpaired) electrons. The number of hydrogen-bond donors (Lipinski definition) is 0. The van der Waals surface area contributed by atoms with Crippen molar-refractivity contribution in [1.82, 2.24) is 14.3 Å². The normalized spacial score (nSPS) is 11.5. The molecule has 1 aromatic carbocycles. The van der Waals surface area contributed by atoms with E-state index in [-0.39, 0.29) is 0 Å². The molecule has 0 aliphatic rings. The van der Waals surface area contributed by atoms with Crippen molar-refractivity contribution in [2.75, 3.05) is 13.6 Å². The molecule has 0 aliphatic heterocycles. The van der Waals surface area contributed by atoms with Crippen molar-refractivity contribution >= 4 is 21.6 Å². The Kier molecular flexibility index (Phi) is 4.60. The summed E-state index contributed by atoms with van der Waals surface area (Å²) in [5.74, 6) is 0. The van der Waals surface area contributed by atoms with Crippen LogP contribution in [0.2, 0.25) is 0 Å². The molecule has 3 aromatic rings. The maximum Gasteiger partial charge on any atom is 0.137 e. The van der Waals surface area contributed by atoms with Crippen LogP contribution in [-0.2, 0) is 13.0 Å². The van der Waals surface area contributed by atoms with Crippen LogP contribution in [0.15, 0.2) is 53.1 Å². The molecule has 0 bridgehead atoms. The summed E-state index contributed by atoms with van der Waals surface area (Å²) < 4.78 is 3.28. The Hall–Kier alpha value is -1.65. The average Bonchev–Trinajstić information content (AvgIpc) is 2.90. The third kappa shape index (κ3) is 3.57. The highest BCUT2D eigenvalue weighted by Gasteiger charge is 2.06. The Morgan fingerprint density at radius 3 is 2.64 bits per heavy atom. The number of rotatable bonds is 5. The minimum absolute atomic E-state index is 0.873. The number of aromatic nitrogens is 2. The summed E-state index contributed by atoms with van der Waals surface area (Å²) in [4.78, 5) is 7.01. The molecule has 0 aliphatic carbocycles. The van der Waals surface area contributed by atoms with Gasteiger partial charge in [-0.2, -0.15) is 0 Å². The molecule has 3 nitrogen and oxygen atoms in total. The van der Waals surface area contributed by atoms with Gasteiger partial charge in [-0.3, -0.25) is 0 Å². The molecular weight excluding hydrogens is 338 g/mol. The van der Waals surface area contributed by atoms with Crippen LogP contribution in [0.5, 0.6) is 0 Å². The molecule has 0 spiro atoms. The molecule has 22 heavy (non-hydrogen) atoms. The van der Waals surface area contributed by atoms with Crippen LogP contribution in [0.1, 0.15) is 17.0 Å². The molecule has 4 heteroatoms. The Bertz CT molecular complexity index is 762. The van der Waals surface area contributed by atoms with E-state index in [1.165, 1.54) is 11.3 Å². The van der Waals surface area contributed by atoms with E-state index in [9.17, 15) is 0 Å². The van der Waals surface area contributed by atoms with Gasteiger partial charge in [0.15, 0.2) is 0 Å². The summed E-state index contributed by atoms with van der Waals surface area (Å²) in [5, 5.41) is 0. The third-order valence-corrected chi connectivity index (χ3v) is 4.40. The van der Waals surface area contributed by atoms with Crippen molar-refractivity contribution in [3.05, 3.63) is 70.1 Å². The van der Waals surface area contributed by atoms with E-state index in [4.69, 9.17) is 4.98 Å². The van der Waals surface area contributed by atoms with Gasteiger partial charge in [-0.1, -0.05) is 34.1 Å². The van der Waals surface area contributed by atoms with Crippen molar-refractivity contribution in [2.24, 2.45) is 0 Å². The fourth-order valence-corrected chi connectivity index (χ4v) is 2.87. The summed E-state index contributed by atoms with van der Waals surface area (Å²) in [6.07, 6.45) is 3.19. The van der Waals surface area contributed by atoms with Crippen LogP contribution in [0.4, 0.5) is 0 Å². The zero-order chi connectivity index (χ0) is 15.5. The van der Waals surface area contributed by atoms with Crippen molar-refractivity contribution < 1.29 is 0 Å². The second-order valence-corrected chi connectivity index (χ2v) is 6.66.